The Kier molecular flexibility index (Phi) is 9.28. The van der Waals surface area contributed by atoms with Crippen LogP contribution in [0.15, 0.2) is 76.7 Å². The van der Waals surface area contributed by atoms with E-state index in [2.05, 4.69) is 15.8 Å². The van der Waals surface area contributed by atoms with E-state index in [1.807, 2.05) is 0 Å². The van der Waals surface area contributed by atoms with Crippen molar-refractivity contribution in [1.29, 1.82) is 0 Å². The van der Waals surface area contributed by atoms with Gasteiger partial charge in [0.05, 0.1) is 38.1 Å². The topological polar surface area (TPSA) is 136 Å². The van der Waals surface area contributed by atoms with Crippen LogP contribution < -0.4 is 29.3 Å². The number of methoxy groups -OCH3 is 3. The average molecular weight is 541 g/mol. The van der Waals surface area contributed by atoms with Crippen molar-refractivity contribution in [3.05, 3.63) is 72.3 Å². The second-order valence-corrected chi connectivity index (χ2v) is 9.68. The molecule has 38 heavy (non-hydrogen) atoms. The molecule has 0 saturated carbocycles. The SMILES string of the molecule is COc1ccc(N(CC(=O)N/N=C\c2cc(OC)ccc2OC)S(=O)(=O)c2ccc(NC(C)=O)cc2)cc1. The molecule has 2 amide bonds. The summed E-state index contributed by atoms with van der Waals surface area (Å²) in [6, 6.07) is 16.9. The molecule has 0 spiro atoms. The quantitative estimate of drug-likeness (QED) is 0.282. The number of ether oxygens (including phenoxy) is 3. The van der Waals surface area contributed by atoms with Gasteiger partial charge >= 0.3 is 0 Å². The van der Waals surface area contributed by atoms with E-state index < -0.39 is 22.5 Å². The van der Waals surface area contributed by atoms with E-state index in [4.69, 9.17) is 14.2 Å². The van der Waals surface area contributed by atoms with Gasteiger partial charge in [0.1, 0.15) is 23.8 Å². The maximum atomic E-state index is 13.6. The summed E-state index contributed by atoms with van der Waals surface area (Å²) >= 11 is 0. The van der Waals surface area contributed by atoms with Crippen LogP contribution in [0.4, 0.5) is 11.4 Å². The van der Waals surface area contributed by atoms with Crippen LogP contribution in [0.5, 0.6) is 17.2 Å². The number of nitrogens with one attached hydrogen (secondary N) is 2. The highest BCUT2D eigenvalue weighted by Gasteiger charge is 2.27. The van der Waals surface area contributed by atoms with Gasteiger partial charge in [-0.1, -0.05) is 0 Å². The molecule has 0 heterocycles. The third-order valence-electron chi connectivity index (χ3n) is 5.24. The number of sulfonamides is 1. The highest BCUT2D eigenvalue weighted by atomic mass is 32.2. The Balaban J connectivity index is 1.86. The molecule has 3 aromatic carbocycles. The molecule has 0 aliphatic heterocycles. The lowest BCUT2D eigenvalue weighted by Crippen LogP contribution is -2.39. The molecule has 0 aliphatic rings. The molecule has 2 N–H and O–H groups in total. The molecule has 3 aromatic rings. The van der Waals surface area contributed by atoms with Crippen LogP contribution in [-0.4, -0.2) is 54.3 Å². The normalized spacial score (nSPS) is 11.1. The van der Waals surface area contributed by atoms with Gasteiger partial charge in [-0.15, -0.1) is 0 Å². The molecule has 12 heteroatoms. The van der Waals surface area contributed by atoms with Gasteiger partial charge in [0, 0.05) is 18.2 Å². The Morgan fingerprint density at radius 3 is 2.11 bits per heavy atom. The molecular weight excluding hydrogens is 512 g/mol. The number of anilines is 2. The van der Waals surface area contributed by atoms with Crippen molar-refractivity contribution in [2.75, 3.05) is 37.5 Å². The Labute approximate surface area is 221 Å². The molecular formula is C26H28N4O7S. The monoisotopic (exact) mass is 540 g/mol. The Morgan fingerprint density at radius 2 is 1.53 bits per heavy atom. The van der Waals surface area contributed by atoms with E-state index in [0.717, 1.165) is 4.31 Å². The predicted molar refractivity (Wildman–Crippen MR) is 144 cm³/mol. The Bertz CT molecular complexity index is 1410. The maximum absolute atomic E-state index is 13.6. The standard InChI is InChI=1S/C26H28N4O7S/c1-18(31)28-20-5-12-24(13-6-20)38(33,34)30(21-7-9-22(35-2)10-8-21)17-26(32)29-27-16-19-15-23(36-3)11-14-25(19)37-4/h5-16H,17H2,1-4H3,(H,28,31)(H,29,32)/b27-16-. The van der Waals surface area contributed by atoms with Gasteiger partial charge in [-0.25, -0.2) is 13.8 Å². The number of carbonyl (C=O) groups is 2. The van der Waals surface area contributed by atoms with Crippen molar-refractivity contribution >= 4 is 39.4 Å². The fraction of sp³-hybridized carbons (Fsp3) is 0.192. The summed E-state index contributed by atoms with van der Waals surface area (Å²) in [6.45, 7) is 0.788. The van der Waals surface area contributed by atoms with E-state index in [1.54, 1.807) is 30.3 Å². The molecule has 0 radical (unpaired) electrons. The van der Waals surface area contributed by atoms with Crippen LogP contribution in [0.2, 0.25) is 0 Å². The first-order valence-electron chi connectivity index (χ1n) is 11.3. The summed E-state index contributed by atoms with van der Waals surface area (Å²) in [4.78, 5) is 24.0. The molecule has 0 bridgehead atoms. The maximum Gasteiger partial charge on any atom is 0.264 e. The van der Waals surface area contributed by atoms with Crippen LogP contribution in [-0.2, 0) is 19.6 Å². The molecule has 0 fully saturated rings. The van der Waals surface area contributed by atoms with Crippen LogP contribution in [0.3, 0.4) is 0 Å². The minimum absolute atomic E-state index is 0.0696. The summed E-state index contributed by atoms with van der Waals surface area (Å²) in [5.74, 6) is 0.627. The lowest BCUT2D eigenvalue weighted by Gasteiger charge is -2.24. The number of nitrogens with zero attached hydrogens (tertiary/aromatic N) is 2. The number of rotatable bonds is 11. The second-order valence-electron chi connectivity index (χ2n) is 7.82. The lowest BCUT2D eigenvalue weighted by molar-refractivity contribution is -0.119. The van der Waals surface area contributed by atoms with Gasteiger partial charge in [-0.3, -0.25) is 13.9 Å². The number of amides is 2. The van der Waals surface area contributed by atoms with Gasteiger partial charge in [0.2, 0.25) is 5.91 Å². The van der Waals surface area contributed by atoms with Crippen LogP contribution in [0, 0.1) is 0 Å². The number of carbonyl (C=O) groups excluding carboxylic acids is 2. The largest absolute Gasteiger partial charge is 0.497 e. The molecule has 0 aromatic heterocycles. The predicted octanol–water partition coefficient (Wildman–Crippen LogP) is 3.02. The first-order chi connectivity index (χ1) is 18.2. The number of benzene rings is 3. The van der Waals surface area contributed by atoms with Gasteiger partial charge in [0.15, 0.2) is 0 Å². The van der Waals surface area contributed by atoms with E-state index in [-0.39, 0.29) is 16.5 Å². The highest BCUT2D eigenvalue weighted by molar-refractivity contribution is 7.92. The molecule has 0 atom stereocenters. The zero-order valence-corrected chi connectivity index (χ0v) is 22.1. The molecule has 11 nitrogen and oxygen atoms in total. The zero-order chi connectivity index (χ0) is 27.7. The van der Waals surface area contributed by atoms with E-state index in [0.29, 0.717) is 28.5 Å². The molecule has 3 rings (SSSR count). The van der Waals surface area contributed by atoms with Crippen molar-refractivity contribution in [3.63, 3.8) is 0 Å². The number of hydrazone groups is 1. The van der Waals surface area contributed by atoms with Crippen LogP contribution >= 0.6 is 0 Å². The fourth-order valence-corrected chi connectivity index (χ4v) is 4.81. The number of hydrogen-bond donors (Lipinski definition) is 2. The van der Waals surface area contributed by atoms with E-state index in [9.17, 15) is 18.0 Å². The van der Waals surface area contributed by atoms with Gasteiger partial charge in [-0.05, 0) is 66.7 Å². The molecule has 200 valence electrons. The smallest absolute Gasteiger partial charge is 0.264 e. The molecule has 0 aliphatic carbocycles. The first kappa shape index (κ1) is 28.0. The summed E-state index contributed by atoms with van der Waals surface area (Å²) < 4.78 is 43.7. The van der Waals surface area contributed by atoms with Gasteiger partial charge in [-0.2, -0.15) is 5.10 Å². The van der Waals surface area contributed by atoms with Crippen LogP contribution in [0.25, 0.3) is 0 Å². The van der Waals surface area contributed by atoms with Crippen molar-refractivity contribution in [1.82, 2.24) is 5.43 Å². The first-order valence-corrected chi connectivity index (χ1v) is 12.7. The summed E-state index contributed by atoms with van der Waals surface area (Å²) in [5, 5.41) is 6.53. The third kappa shape index (κ3) is 7.01. The van der Waals surface area contributed by atoms with Crippen molar-refractivity contribution < 1.29 is 32.2 Å². The van der Waals surface area contributed by atoms with Gasteiger partial charge in [0.25, 0.3) is 15.9 Å². The van der Waals surface area contributed by atoms with Crippen LogP contribution in [0.1, 0.15) is 12.5 Å². The summed E-state index contributed by atoms with van der Waals surface area (Å²) in [7, 11) is 0.327. The Hall–Kier alpha value is -4.58. The minimum Gasteiger partial charge on any atom is -0.497 e. The summed E-state index contributed by atoms with van der Waals surface area (Å²) in [6.07, 6.45) is 1.37. The highest BCUT2D eigenvalue weighted by Crippen LogP contribution is 2.27. The van der Waals surface area contributed by atoms with E-state index in [1.165, 1.54) is 70.9 Å². The lowest BCUT2D eigenvalue weighted by atomic mass is 10.2. The number of hydrogen-bond acceptors (Lipinski definition) is 8. The molecule has 0 unspecified atom stereocenters. The zero-order valence-electron chi connectivity index (χ0n) is 21.3. The van der Waals surface area contributed by atoms with Crippen molar-refractivity contribution in [3.8, 4) is 17.2 Å². The molecule has 0 saturated heterocycles. The minimum atomic E-state index is -4.18. The van der Waals surface area contributed by atoms with Crippen molar-refractivity contribution in [2.45, 2.75) is 11.8 Å². The van der Waals surface area contributed by atoms with Crippen molar-refractivity contribution in [2.24, 2.45) is 5.10 Å². The van der Waals surface area contributed by atoms with Gasteiger partial charge < -0.3 is 19.5 Å². The second kappa shape index (κ2) is 12.6. The van der Waals surface area contributed by atoms with E-state index >= 15 is 0 Å². The fourth-order valence-electron chi connectivity index (χ4n) is 3.38. The average Bonchev–Trinajstić information content (AvgIpc) is 2.91. The third-order valence-corrected chi connectivity index (χ3v) is 7.03. The summed E-state index contributed by atoms with van der Waals surface area (Å²) in [5.41, 5.74) is 3.58. The Morgan fingerprint density at radius 1 is 0.895 bits per heavy atom.